The smallest absolute Gasteiger partial charge is 0.235 e. The quantitative estimate of drug-likeness (QED) is 0.580. The predicted molar refractivity (Wildman–Crippen MR) is 84.9 cm³/mol. The summed E-state index contributed by atoms with van der Waals surface area (Å²) in [4.78, 5) is 13.5. The Bertz CT molecular complexity index is 944. The van der Waals surface area contributed by atoms with Crippen LogP contribution in [0, 0.1) is 0 Å². The molecule has 0 unspecified atom stereocenters. The van der Waals surface area contributed by atoms with Gasteiger partial charge in [0, 0.05) is 24.0 Å². The summed E-state index contributed by atoms with van der Waals surface area (Å²) in [5.74, 6) is 1.31. The number of aromatic nitrogens is 4. The number of rotatable bonds is 3. The molecule has 0 atom stereocenters. The number of hydrogen-bond acceptors (Lipinski definition) is 4. The van der Waals surface area contributed by atoms with Crippen molar-refractivity contribution in [3.05, 3.63) is 54.9 Å². The van der Waals surface area contributed by atoms with E-state index < -0.39 is 0 Å². The van der Waals surface area contributed by atoms with Crippen molar-refractivity contribution in [2.24, 2.45) is 0 Å². The third kappa shape index (κ3) is 2.07. The summed E-state index contributed by atoms with van der Waals surface area (Å²) in [6.07, 6.45) is 3.76. The molecular weight excluding hydrogens is 276 g/mol. The Balaban J connectivity index is 1.80. The van der Waals surface area contributed by atoms with Gasteiger partial charge >= 0.3 is 0 Å². The zero-order chi connectivity index (χ0) is 14.9. The lowest BCUT2D eigenvalue weighted by molar-refractivity contribution is 0.327. The summed E-state index contributed by atoms with van der Waals surface area (Å²) >= 11 is 0. The van der Waals surface area contributed by atoms with Crippen LogP contribution in [0.5, 0.6) is 5.88 Å². The minimum atomic E-state index is 0.608. The molecule has 0 radical (unpaired) electrons. The maximum absolute atomic E-state index is 5.36. The molecular formula is C17H14N4O. The maximum atomic E-state index is 5.36. The third-order valence-electron chi connectivity index (χ3n) is 3.50. The van der Waals surface area contributed by atoms with Crippen molar-refractivity contribution in [1.82, 2.24) is 19.4 Å². The molecule has 0 spiro atoms. The molecule has 0 saturated heterocycles. The second kappa shape index (κ2) is 5.11. The topological polar surface area (TPSA) is 52.3 Å². The number of pyridine rings is 1. The first-order valence-corrected chi connectivity index (χ1v) is 7.18. The SMILES string of the molecule is CCOc1ccc(-c2ccn3c(n2)nc2ccccc23)cn1. The number of para-hydroxylation sites is 2. The second-order valence-electron chi connectivity index (χ2n) is 4.90. The van der Waals surface area contributed by atoms with Crippen LogP contribution in [0.25, 0.3) is 28.1 Å². The van der Waals surface area contributed by atoms with E-state index >= 15 is 0 Å². The van der Waals surface area contributed by atoms with Crippen LogP contribution in [-0.2, 0) is 0 Å². The van der Waals surface area contributed by atoms with Crippen molar-refractivity contribution in [3.63, 3.8) is 0 Å². The van der Waals surface area contributed by atoms with Gasteiger partial charge in [-0.05, 0) is 31.2 Å². The average Bonchev–Trinajstić information content (AvgIpc) is 2.93. The van der Waals surface area contributed by atoms with Crippen molar-refractivity contribution in [2.45, 2.75) is 6.92 Å². The van der Waals surface area contributed by atoms with Crippen LogP contribution in [0.15, 0.2) is 54.9 Å². The molecule has 5 nitrogen and oxygen atoms in total. The number of hydrogen-bond donors (Lipinski definition) is 0. The van der Waals surface area contributed by atoms with E-state index in [0.717, 1.165) is 22.3 Å². The zero-order valence-corrected chi connectivity index (χ0v) is 12.1. The Labute approximate surface area is 127 Å². The summed E-state index contributed by atoms with van der Waals surface area (Å²) in [5, 5.41) is 0. The minimum absolute atomic E-state index is 0.608. The van der Waals surface area contributed by atoms with Crippen molar-refractivity contribution in [1.29, 1.82) is 0 Å². The van der Waals surface area contributed by atoms with E-state index in [-0.39, 0.29) is 0 Å². The molecule has 3 aromatic heterocycles. The number of benzene rings is 1. The number of fused-ring (bicyclic) bond motifs is 3. The largest absolute Gasteiger partial charge is 0.478 e. The Morgan fingerprint density at radius 1 is 1.05 bits per heavy atom. The summed E-state index contributed by atoms with van der Waals surface area (Å²) in [6.45, 7) is 2.55. The molecule has 22 heavy (non-hydrogen) atoms. The molecule has 0 amide bonds. The summed E-state index contributed by atoms with van der Waals surface area (Å²) < 4.78 is 7.35. The average molecular weight is 290 g/mol. The predicted octanol–water partition coefficient (Wildman–Crippen LogP) is 3.34. The number of ether oxygens (including phenoxy) is 1. The molecule has 4 aromatic rings. The first-order valence-electron chi connectivity index (χ1n) is 7.18. The Hall–Kier alpha value is -2.95. The van der Waals surface area contributed by atoms with Crippen molar-refractivity contribution in [2.75, 3.05) is 6.61 Å². The summed E-state index contributed by atoms with van der Waals surface area (Å²) in [5.41, 5.74) is 3.79. The highest BCUT2D eigenvalue weighted by atomic mass is 16.5. The Morgan fingerprint density at radius 3 is 2.77 bits per heavy atom. The van der Waals surface area contributed by atoms with Crippen LogP contribution in [0.2, 0.25) is 0 Å². The van der Waals surface area contributed by atoms with Gasteiger partial charge in [0.05, 0.1) is 23.3 Å². The second-order valence-corrected chi connectivity index (χ2v) is 4.90. The van der Waals surface area contributed by atoms with E-state index in [1.807, 2.05) is 60.0 Å². The molecule has 4 rings (SSSR count). The van der Waals surface area contributed by atoms with Crippen LogP contribution in [-0.4, -0.2) is 26.0 Å². The standard InChI is InChI=1S/C17H14N4O/c1-2-22-16-8-7-12(11-18-16)13-9-10-21-15-6-4-3-5-14(15)20-17(21)19-13/h3-11H,2H2,1H3. The lowest BCUT2D eigenvalue weighted by atomic mass is 10.2. The van der Waals surface area contributed by atoms with Crippen LogP contribution < -0.4 is 4.74 Å². The highest BCUT2D eigenvalue weighted by molar-refractivity contribution is 5.79. The molecule has 0 bridgehead atoms. The van der Waals surface area contributed by atoms with Crippen LogP contribution >= 0.6 is 0 Å². The molecule has 0 aliphatic heterocycles. The molecule has 0 aliphatic rings. The van der Waals surface area contributed by atoms with E-state index in [2.05, 4.69) is 15.0 Å². The molecule has 0 fully saturated rings. The van der Waals surface area contributed by atoms with Gasteiger partial charge in [0.2, 0.25) is 11.7 Å². The van der Waals surface area contributed by atoms with Crippen molar-refractivity contribution in [3.8, 4) is 17.1 Å². The monoisotopic (exact) mass is 290 g/mol. The van der Waals surface area contributed by atoms with Gasteiger partial charge in [-0.15, -0.1) is 0 Å². The molecule has 108 valence electrons. The highest BCUT2D eigenvalue weighted by Gasteiger charge is 2.07. The lowest BCUT2D eigenvalue weighted by Gasteiger charge is -2.04. The molecule has 0 saturated carbocycles. The van der Waals surface area contributed by atoms with Gasteiger partial charge in [-0.1, -0.05) is 12.1 Å². The summed E-state index contributed by atoms with van der Waals surface area (Å²) in [7, 11) is 0. The van der Waals surface area contributed by atoms with Crippen LogP contribution in [0.1, 0.15) is 6.92 Å². The van der Waals surface area contributed by atoms with Gasteiger partial charge in [0.1, 0.15) is 0 Å². The summed E-state index contributed by atoms with van der Waals surface area (Å²) in [6, 6.07) is 13.8. The van der Waals surface area contributed by atoms with E-state index in [1.165, 1.54) is 0 Å². The van der Waals surface area contributed by atoms with Gasteiger partial charge in [-0.25, -0.2) is 15.0 Å². The van der Waals surface area contributed by atoms with Crippen LogP contribution in [0.4, 0.5) is 0 Å². The number of nitrogens with zero attached hydrogens (tertiary/aromatic N) is 4. The van der Waals surface area contributed by atoms with Crippen molar-refractivity contribution >= 4 is 16.8 Å². The van der Waals surface area contributed by atoms with Gasteiger partial charge in [0.15, 0.2) is 0 Å². The van der Waals surface area contributed by atoms with E-state index in [0.29, 0.717) is 18.3 Å². The molecule has 1 aromatic carbocycles. The minimum Gasteiger partial charge on any atom is -0.478 e. The van der Waals surface area contributed by atoms with Gasteiger partial charge < -0.3 is 4.74 Å². The Morgan fingerprint density at radius 2 is 1.95 bits per heavy atom. The number of imidazole rings is 1. The fourth-order valence-electron chi connectivity index (χ4n) is 2.47. The van der Waals surface area contributed by atoms with E-state index in [1.54, 1.807) is 6.20 Å². The third-order valence-corrected chi connectivity index (χ3v) is 3.50. The molecule has 5 heteroatoms. The first kappa shape index (κ1) is 12.8. The first-order chi connectivity index (χ1) is 10.8. The molecule has 0 N–H and O–H groups in total. The normalized spacial score (nSPS) is 11.1. The zero-order valence-electron chi connectivity index (χ0n) is 12.1. The van der Waals surface area contributed by atoms with Crippen molar-refractivity contribution < 1.29 is 4.74 Å². The Kier molecular flexibility index (Phi) is 2.96. The lowest BCUT2D eigenvalue weighted by Crippen LogP contribution is -1.95. The maximum Gasteiger partial charge on any atom is 0.235 e. The fraction of sp³-hybridized carbons (Fsp3) is 0.118. The van der Waals surface area contributed by atoms with Gasteiger partial charge in [-0.3, -0.25) is 4.40 Å². The van der Waals surface area contributed by atoms with Crippen LogP contribution in [0.3, 0.4) is 0 Å². The fourth-order valence-corrected chi connectivity index (χ4v) is 2.47. The molecule has 0 aliphatic carbocycles. The molecule has 3 heterocycles. The van der Waals surface area contributed by atoms with Gasteiger partial charge in [-0.2, -0.15) is 0 Å². The van der Waals surface area contributed by atoms with E-state index in [9.17, 15) is 0 Å². The highest BCUT2D eigenvalue weighted by Crippen LogP contribution is 2.21. The van der Waals surface area contributed by atoms with E-state index in [4.69, 9.17) is 4.74 Å². The van der Waals surface area contributed by atoms with Gasteiger partial charge in [0.25, 0.3) is 0 Å².